The molecule has 10 heteroatoms. The van der Waals surface area contributed by atoms with Gasteiger partial charge in [-0.2, -0.15) is 14.7 Å². The molecule has 2 aliphatic rings. The first-order chi connectivity index (χ1) is 13.7. The lowest BCUT2D eigenvalue weighted by Crippen LogP contribution is -2.50. The number of aromatic amines is 1. The summed E-state index contributed by atoms with van der Waals surface area (Å²) in [5.41, 5.74) is 2.68. The molecule has 0 saturated carbocycles. The normalized spacial score (nSPS) is 21.6. The summed E-state index contributed by atoms with van der Waals surface area (Å²) in [6, 6.07) is 4.36. The van der Waals surface area contributed by atoms with Crippen molar-refractivity contribution in [3.05, 3.63) is 24.5 Å². The number of morpholine rings is 1. The predicted molar refractivity (Wildman–Crippen MR) is 106 cm³/mol. The maximum Gasteiger partial charge on any atom is 0.169 e. The van der Waals surface area contributed by atoms with Crippen LogP contribution in [0.2, 0.25) is 0 Å². The van der Waals surface area contributed by atoms with E-state index in [-0.39, 0.29) is 6.04 Å². The molecule has 0 bridgehead atoms. The number of fused-ring (bicyclic) bond motifs is 1. The van der Waals surface area contributed by atoms with Crippen molar-refractivity contribution >= 4 is 17.3 Å². The second-order valence-electron chi connectivity index (χ2n) is 7.38. The molecule has 0 unspecified atom stereocenters. The van der Waals surface area contributed by atoms with Gasteiger partial charge in [-0.3, -0.25) is 10.9 Å². The van der Waals surface area contributed by atoms with Crippen LogP contribution >= 0.6 is 0 Å². The van der Waals surface area contributed by atoms with E-state index in [0.29, 0.717) is 13.2 Å². The average molecular weight is 383 g/mol. The van der Waals surface area contributed by atoms with E-state index < -0.39 is 0 Å². The Bertz CT molecular complexity index is 946. The van der Waals surface area contributed by atoms with E-state index in [0.717, 1.165) is 61.3 Å². The van der Waals surface area contributed by atoms with E-state index in [4.69, 9.17) is 15.6 Å². The number of piperazine rings is 1. The van der Waals surface area contributed by atoms with Gasteiger partial charge in [0.2, 0.25) is 0 Å². The van der Waals surface area contributed by atoms with Crippen molar-refractivity contribution in [2.45, 2.75) is 13.0 Å². The van der Waals surface area contributed by atoms with Crippen LogP contribution in [0.5, 0.6) is 0 Å². The predicted octanol–water partition coefficient (Wildman–Crippen LogP) is 0.340. The van der Waals surface area contributed by atoms with Crippen molar-refractivity contribution in [2.75, 3.05) is 55.7 Å². The Kier molecular flexibility index (Phi) is 4.38. The third kappa shape index (κ3) is 2.99. The van der Waals surface area contributed by atoms with Gasteiger partial charge >= 0.3 is 0 Å². The van der Waals surface area contributed by atoms with Crippen molar-refractivity contribution < 1.29 is 4.74 Å². The second kappa shape index (κ2) is 7.04. The molecule has 5 heterocycles. The topological polar surface area (TPSA) is 104 Å². The van der Waals surface area contributed by atoms with Crippen molar-refractivity contribution in [2.24, 2.45) is 5.84 Å². The van der Waals surface area contributed by atoms with Crippen LogP contribution in [0.1, 0.15) is 6.92 Å². The quantitative estimate of drug-likeness (QED) is 0.624. The summed E-state index contributed by atoms with van der Waals surface area (Å²) in [7, 11) is 0. The van der Waals surface area contributed by atoms with Crippen LogP contribution < -0.4 is 15.6 Å². The number of anilines is 2. The van der Waals surface area contributed by atoms with Gasteiger partial charge in [0, 0.05) is 45.0 Å². The minimum atomic E-state index is 0.274. The number of ether oxygens (including phenoxy) is 1. The highest BCUT2D eigenvalue weighted by molar-refractivity contribution is 5.77. The van der Waals surface area contributed by atoms with Crippen LogP contribution in [0.3, 0.4) is 0 Å². The number of aromatic nitrogens is 5. The number of nitrogens with two attached hydrogens (primary N) is 1. The highest BCUT2D eigenvalue weighted by Crippen LogP contribution is 2.30. The fraction of sp³-hybridized carbons (Fsp3) is 0.500. The molecule has 0 aliphatic carbocycles. The number of hydrogen-bond acceptors (Lipinski definition) is 8. The Morgan fingerprint density at radius 1 is 1.21 bits per heavy atom. The first kappa shape index (κ1) is 17.4. The maximum absolute atomic E-state index is 5.96. The zero-order valence-corrected chi connectivity index (χ0v) is 16.0. The molecule has 0 amide bonds. The molecule has 0 aromatic carbocycles. The molecule has 2 aliphatic heterocycles. The van der Waals surface area contributed by atoms with E-state index in [1.165, 1.54) is 0 Å². The molecule has 2 fully saturated rings. The number of hydrogen-bond donors (Lipinski definition) is 2. The molecule has 3 aromatic rings. The first-order valence-electron chi connectivity index (χ1n) is 9.68. The standard InChI is InChI=1S/C18H25N9O/c1-13-12-28-9-8-26(13)16-10-17(24-4-6-25(19)7-5-24)27-18(22-16)14(11-21-27)15-2-3-20-23-15/h2-3,10-11,13H,4-9,12,19H2,1H3,(H,20,23)/t13-/m1/s1. The smallest absolute Gasteiger partial charge is 0.169 e. The van der Waals surface area contributed by atoms with Crippen LogP contribution in [0.15, 0.2) is 24.5 Å². The van der Waals surface area contributed by atoms with Crippen LogP contribution in [0.4, 0.5) is 11.6 Å². The molecular formula is C18H25N9O. The van der Waals surface area contributed by atoms with Crippen molar-refractivity contribution in [3.8, 4) is 11.3 Å². The molecule has 5 rings (SSSR count). The summed E-state index contributed by atoms with van der Waals surface area (Å²) < 4.78 is 7.54. The van der Waals surface area contributed by atoms with E-state index in [1.54, 1.807) is 6.20 Å². The summed E-state index contributed by atoms with van der Waals surface area (Å²) in [5, 5.41) is 13.6. The van der Waals surface area contributed by atoms with Crippen LogP contribution in [0.25, 0.3) is 16.9 Å². The lowest BCUT2D eigenvalue weighted by Gasteiger charge is -2.36. The first-order valence-corrected chi connectivity index (χ1v) is 9.68. The van der Waals surface area contributed by atoms with Crippen molar-refractivity contribution in [3.63, 3.8) is 0 Å². The van der Waals surface area contributed by atoms with E-state index in [2.05, 4.69) is 38.1 Å². The molecule has 0 spiro atoms. The van der Waals surface area contributed by atoms with E-state index >= 15 is 0 Å². The maximum atomic E-state index is 5.96. The third-order valence-corrected chi connectivity index (χ3v) is 5.53. The molecule has 3 aromatic heterocycles. The van der Waals surface area contributed by atoms with Crippen molar-refractivity contribution in [1.29, 1.82) is 0 Å². The van der Waals surface area contributed by atoms with Crippen molar-refractivity contribution in [1.82, 2.24) is 29.8 Å². The zero-order chi connectivity index (χ0) is 19.1. The summed E-state index contributed by atoms with van der Waals surface area (Å²) >= 11 is 0. The number of nitrogens with zero attached hydrogens (tertiary/aromatic N) is 7. The fourth-order valence-corrected chi connectivity index (χ4v) is 3.92. The molecule has 10 nitrogen and oxygen atoms in total. The van der Waals surface area contributed by atoms with Gasteiger partial charge < -0.3 is 14.5 Å². The largest absolute Gasteiger partial charge is 0.377 e. The van der Waals surface area contributed by atoms with Gasteiger partial charge in [-0.25, -0.2) is 9.99 Å². The number of nitrogens with one attached hydrogen (secondary N) is 1. The lowest BCUT2D eigenvalue weighted by molar-refractivity contribution is 0.0985. The highest BCUT2D eigenvalue weighted by Gasteiger charge is 2.25. The summed E-state index contributed by atoms with van der Waals surface area (Å²) in [6.45, 7) is 7.77. The highest BCUT2D eigenvalue weighted by atomic mass is 16.5. The SMILES string of the molecule is C[C@@H]1COCCN1c1cc(N2CCN(N)CC2)n2ncc(-c3ccn[nH]3)c2n1. The van der Waals surface area contributed by atoms with Gasteiger partial charge in [0.1, 0.15) is 11.6 Å². The summed E-state index contributed by atoms with van der Waals surface area (Å²) in [4.78, 5) is 9.64. The van der Waals surface area contributed by atoms with Crippen LogP contribution in [-0.4, -0.2) is 81.8 Å². The number of H-pyrrole nitrogens is 1. The Morgan fingerprint density at radius 2 is 2.07 bits per heavy atom. The van der Waals surface area contributed by atoms with E-state index in [1.807, 2.05) is 21.8 Å². The molecule has 3 N–H and O–H groups in total. The molecule has 1 atom stereocenters. The third-order valence-electron chi connectivity index (χ3n) is 5.53. The molecule has 0 radical (unpaired) electrons. The summed E-state index contributed by atoms with van der Waals surface area (Å²) in [5.74, 6) is 7.95. The van der Waals surface area contributed by atoms with E-state index in [9.17, 15) is 0 Å². The minimum absolute atomic E-state index is 0.274. The Labute approximate surface area is 162 Å². The van der Waals surface area contributed by atoms with Crippen LogP contribution in [-0.2, 0) is 4.74 Å². The Hall–Kier alpha value is -2.69. The van der Waals surface area contributed by atoms with Gasteiger partial charge in [-0.15, -0.1) is 0 Å². The molecule has 148 valence electrons. The Balaban J connectivity index is 1.64. The van der Waals surface area contributed by atoms with Gasteiger partial charge in [0.05, 0.1) is 36.7 Å². The number of rotatable bonds is 3. The molecule has 28 heavy (non-hydrogen) atoms. The minimum Gasteiger partial charge on any atom is -0.377 e. The van der Waals surface area contributed by atoms with Gasteiger partial charge in [0.25, 0.3) is 0 Å². The number of hydrazine groups is 1. The van der Waals surface area contributed by atoms with Gasteiger partial charge in [0.15, 0.2) is 5.65 Å². The van der Waals surface area contributed by atoms with Gasteiger partial charge in [-0.1, -0.05) is 0 Å². The van der Waals surface area contributed by atoms with Crippen LogP contribution in [0, 0.1) is 0 Å². The summed E-state index contributed by atoms with van der Waals surface area (Å²) in [6.07, 6.45) is 3.60. The van der Waals surface area contributed by atoms with Gasteiger partial charge in [-0.05, 0) is 13.0 Å². The zero-order valence-electron chi connectivity index (χ0n) is 16.0. The second-order valence-corrected chi connectivity index (χ2v) is 7.38. The average Bonchev–Trinajstić information content (AvgIpc) is 3.38. The fourth-order valence-electron chi connectivity index (χ4n) is 3.92. The monoisotopic (exact) mass is 383 g/mol. The Morgan fingerprint density at radius 3 is 2.82 bits per heavy atom. The molecular weight excluding hydrogens is 358 g/mol. The molecule has 2 saturated heterocycles. The lowest BCUT2D eigenvalue weighted by atomic mass is 10.2.